The van der Waals surface area contributed by atoms with Crippen LogP contribution in [0.15, 0.2) is 48.5 Å². The number of alkyl halides is 2. The molecule has 2 aromatic carbocycles. The topological polar surface area (TPSA) is 58.6 Å². The first-order chi connectivity index (χ1) is 13.5. The molecule has 0 atom stereocenters. The molecular weight excluding hydrogens is 366 g/mol. The van der Waals surface area contributed by atoms with Gasteiger partial charge in [0, 0.05) is 25.7 Å². The fraction of sp³-hybridized carbons (Fsp3) is 0.250. The molecule has 28 heavy (non-hydrogen) atoms. The third-order valence-electron chi connectivity index (χ3n) is 4.58. The van der Waals surface area contributed by atoms with Gasteiger partial charge in [-0.05, 0) is 36.8 Å². The molecule has 6 nitrogen and oxygen atoms in total. The average molecular weight is 384 g/mol. The van der Waals surface area contributed by atoms with Gasteiger partial charge in [-0.1, -0.05) is 18.2 Å². The normalized spacial score (nSPS) is 14.1. The number of carbonyl (C=O) groups excluding carboxylic acids is 1. The molecule has 4 rings (SSSR count). The number of carbonyl (C=O) groups is 1. The minimum absolute atomic E-state index is 0.0578. The molecule has 1 aliphatic rings. The summed E-state index contributed by atoms with van der Waals surface area (Å²) in [6.45, 7) is -1.78. The number of benzene rings is 2. The van der Waals surface area contributed by atoms with Crippen molar-refractivity contribution in [2.75, 3.05) is 29.9 Å². The molecule has 0 fully saturated rings. The van der Waals surface area contributed by atoms with Crippen LogP contribution in [0.2, 0.25) is 0 Å². The lowest BCUT2D eigenvalue weighted by Crippen LogP contribution is -2.32. The molecule has 1 aliphatic heterocycles. The molecule has 0 saturated carbocycles. The smallest absolute Gasteiger partial charge is 0.387 e. The highest BCUT2D eigenvalue weighted by Gasteiger charge is 2.27. The van der Waals surface area contributed by atoms with Gasteiger partial charge >= 0.3 is 6.61 Å². The van der Waals surface area contributed by atoms with Crippen LogP contribution in [0, 0.1) is 0 Å². The second kappa shape index (κ2) is 7.38. The van der Waals surface area contributed by atoms with Crippen molar-refractivity contribution in [3.63, 3.8) is 0 Å². The quantitative estimate of drug-likeness (QED) is 0.689. The van der Waals surface area contributed by atoms with Crippen molar-refractivity contribution < 1.29 is 18.3 Å². The van der Waals surface area contributed by atoms with E-state index in [2.05, 4.69) is 14.7 Å². The minimum atomic E-state index is -2.95. The molecule has 1 aromatic heterocycles. The number of hydrogen-bond donors (Lipinski definition) is 0. The van der Waals surface area contributed by atoms with E-state index in [1.165, 1.54) is 18.2 Å². The summed E-state index contributed by atoms with van der Waals surface area (Å²) in [7, 11) is 1.91. The van der Waals surface area contributed by atoms with Gasteiger partial charge in [-0.15, -0.1) is 0 Å². The van der Waals surface area contributed by atoms with E-state index in [9.17, 15) is 13.6 Å². The molecule has 0 bridgehead atoms. The Bertz CT molecular complexity index is 1030. The number of halogens is 2. The van der Waals surface area contributed by atoms with Crippen LogP contribution in [-0.4, -0.2) is 42.6 Å². The number of rotatable bonds is 3. The van der Waals surface area contributed by atoms with E-state index in [4.69, 9.17) is 0 Å². The first-order valence-corrected chi connectivity index (χ1v) is 8.87. The molecule has 0 N–H and O–H groups in total. The SMILES string of the molecule is CN1CCCN(C(=O)c2cccc(OC(F)F)c2)c2nc3ccccc3nc21. The highest BCUT2D eigenvalue weighted by atomic mass is 19.3. The molecule has 2 heterocycles. The minimum Gasteiger partial charge on any atom is -0.435 e. The Kier molecular flexibility index (Phi) is 4.77. The third kappa shape index (κ3) is 3.45. The lowest BCUT2D eigenvalue weighted by molar-refractivity contribution is -0.0498. The summed E-state index contributed by atoms with van der Waals surface area (Å²) in [6, 6.07) is 13.3. The van der Waals surface area contributed by atoms with Crippen molar-refractivity contribution in [2.24, 2.45) is 0 Å². The number of para-hydroxylation sites is 2. The molecule has 0 unspecified atom stereocenters. The van der Waals surface area contributed by atoms with E-state index in [0.29, 0.717) is 23.7 Å². The molecular formula is C20H18F2N4O2. The van der Waals surface area contributed by atoms with Crippen LogP contribution in [0.5, 0.6) is 5.75 Å². The Morgan fingerprint density at radius 2 is 1.75 bits per heavy atom. The first kappa shape index (κ1) is 18.1. The third-order valence-corrected chi connectivity index (χ3v) is 4.58. The number of aromatic nitrogens is 2. The highest BCUT2D eigenvalue weighted by Crippen LogP contribution is 2.31. The van der Waals surface area contributed by atoms with Gasteiger partial charge in [-0.25, -0.2) is 9.97 Å². The molecule has 144 valence electrons. The van der Waals surface area contributed by atoms with Gasteiger partial charge in [0.05, 0.1) is 11.0 Å². The van der Waals surface area contributed by atoms with E-state index in [0.717, 1.165) is 18.5 Å². The van der Waals surface area contributed by atoms with Gasteiger partial charge in [0.1, 0.15) is 5.75 Å². The monoisotopic (exact) mass is 384 g/mol. The maximum absolute atomic E-state index is 13.2. The van der Waals surface area contributed by atoms with Crippen LogP contribution in [0.25, 0.3) is 11.0 Å². The van der Waals surface area contributed by atoms with E-state index < -0.39 is 6.61 Å². The first-order valence-electron chi connectivity index (χ1n) is 8.87. The van der Waals surface area contributed by atoms with Crippen molar-refractivity contribution in [3.8, 4) is 5.75 Å². The van der Waals surface area contributed by atoms with Gasteiger partial charge in [-0.2, -0.15) is 8.78 Å². The highest BCUT2D eigenvalue weighted by molar-refractivity contribution is 6.07. The molecule has 1 amide bonds. The number of nitrogens with zero attached hydrogens (tertiary/aromatic N) is 4. The van der Waals surface area contributed by atoms with Crippen molar-refractivity contribution in [1.29, 1.82) is 0 Å². The van der Waals surface area contributed by atoms with Crippen molar-refractivity contribution in [3.05, 3.63) is 54.1 Å². The van der Waals surface area contributed by atoms with E-state index in [-0.39, 0.29) is 17.2 Å². The number of ether oxygens (including phenoxy) is 1. The maximum Gasteiger partial charge on any atom is 0.387 e. The second-order valence-electron chi connectivity index (χ2n) is 6.50. The Morgan fingerprint density at radius 1 is 1.04 bits per heavy atom. The molecule has 0 aliphatic carbocycles. The number of anilines is 2. The Hall–Kier alpha value is -3.29. The van der Waals surface area contributed by atoms with Crippen LogP contribution in [0.1, 0.15) is 16.8 Å². The summed E-state index contributed by atoms with van der Waals surface area (Å²) < 4.78 is 29.4. The molecule has 8 heteroatoms. The summed E-state index contributed by atoms with van der Waals surface area (Å²) in [4.78, 5) is 26.1. The maximum atomic E-state index is 13.2. The fourth-order valence-corrected chi connectivity index (χ4v) is 3.26. The summed E-state index contributed by atoms with van der Waals surface area (Å²) in [5.41, 5.74) is 1.68. The number of hydrogen-bond acceptors (Lipinski definition) is 5. The summed E-state index contributed by atoms with van der Waals surface area (Å²) in [5, 5.41) is 0. The zero-order valence-electron chi connectivity index (χ0n) is 15.2. The number of fused-ring (bicyclic) bond motifs is 2. The molecule has 0 radical (unpaired) electrons. The van der Waals surface area contributed by atoms with Crippen LogP contribution >= 0.6 is 0 Å². The Balaban J connectivity index is 1.77. The fourth-order valence-electron chi connectivity index (χ4n) is 3.26. The van der Waals surface area contributed by atoms with Crippen molar-refractivity contribution in [1.82, 2.24) is 9.97 Å². The van der Waals surface area contributed by atoms with Gasteiger partial charge in [0.25, 0.3) is 5.91 Å². The lowest BCUT2D eigenvalue weighted by Gasteiger charge is -2.23. The standard InChI is InChI=1S/C20H18F2N4O2/c1-25-10-5-11-26(18-17(25)23-15-8-2-3-9-16(15)24-18)19(27)13-6-4-7-14(12-13)28-20(21)22/h2-4,6-9,12,20H,5,10-11H2,1H3. The zero-order valence-corrected chi connectivity index (χ0v) is 15.2. The molecule has 0 saturated heterocycles. The summed E-state index contributed by atoms with van der Waals surface area (Å²) >= 11 is 0. The predicted octanol–water partition coefficient (Wildman–Crippen LogP) is 3.72. The van der Waals surface area contributed by atoms with E-state index in [1.54, 1.807) is 11.0 Å². The van der Waals surface area contributed by atoms with E-state index >= 15 is 0 Å². The molecule has 0 spiro atoms. The van der Waals surface area contributed by atoms with Crippen LogP contribution in [0.3, 0.4) is 0 Å². The number of amides is 1. The van der Waals surface area contributed by atoms with Crippen molar-refractivity contribution >= 4 is 28.6 Å². The van der Waals surface area contributed by atoms with Crippen LogP contribution in [0.4, 0.5) is 20.4 Å². The van der Waals surface area contributed by atoms with Gasteiger partial charge < -0.3 is 9.64 Å². The second-order valence-corrected chi connectivity index (χ2v) is 6.50. The van der Waals surface area contributed by atoms with Gasteiger partial charge in [-0.3, -0.25) is 9.69 Å². The van der Waals surface area contributed by atoms with Crippen molar-refractivity contribution in [2.45, 2.75) is 13.0 Å². The average Bonchev–Trinajstić information content (AvgIpc) is 2.84. The van der Waals surface area contributed by atoms with E-state index in [1.807, 2.05) is 36.2 Å². The van der Waals surface area contributed by atoms with Gasteiger partial charge in [0.15, 0.2) is 11.6 Å². The predicted molar refractivity (Wildman–Crippen MR) is 102 cm³/mol. The summed E-state index contributed by atoms with van der Waals surface area (Å²) in [6.07, 6.45) is 0.726. The lowest BCUT2D eigenvalue weighted by atomic mass is 10.2. The zero-order chi connectivity index (χ0) is 19.7. The Morgan fingerprint density at radius 3 is 2.46 bits per heavy atom. The Labute approximate surface area is 160 Å². The van der Waals surface area contributed by atoms with Crippen LogP contribution in [-0.2, 0) is 0 Å². The largest absolute Gasteiger partial charge is 0.435 e. The molecule has 3 aromatic rings. The van der Waals surface area contributed by atoms with Gasteiger partial charge in [0.2, 0.25) is 0 Å². The van der Waals surface area contributed by atoms with Crippen LogP contribution < -0.4 is 14.5 Å². The summed E-state index contributed by atoms with van der Waals surface area (Å²) in [5.74, 6) is 0.687.